The SMILES string of the molecule is CCCCc1cc(F)c(C(=O)Oc2ccc3c(F)c(OC(F)(F)F)c(F)cc3c2)c(F)c1. The highest BCUT2D eigenvalue weighted by atomic mass is 19.4. The number of carbonyl (C=O) groups is 1. The van der Waals surface area contributed by atoms with E-state index in [1.165, 1.54) is 0 Å². The van der Waals surface area contributed by atoms with Crippen LogP contribution in [-0.2, 0) is 6.42 Å². The van der Waals surface area contributed by atoms with E-state index >= 15 is 0 Å². The lowest BCUT2D eigenvalue weighted by Gasteiger charge is -2.13. The van der Waals surface area contributed by atoms with Crippen molar-refractivity contribution in [2.45, 2.75) is 32.5 Å². The molecule has 10 heteroatoms. The zero-order valence-electron chi connectivity index (χ0n) is 16.5. The molecule has 32 heavy (non-hydrogen) atoms. The van der Waals surface area contributed by atoms with Crippen LogP contribution < -0.4 is 9.47 Å². The minimum Gasteiger partial charge on any atom is -0.423 e. The Morgan fingerprint density at radius 3 is 2.19 bits per heavy atom. The Kier molecular flexibility index (Phi) is 6.61. The number of unbranched alkanes of at least 4 members (excludes halogenated alkanes) is 1. The van der Waals surface area contributed by atoms with Crippen LogP contribution in [0.2, 0.25) is 0 Å². The van der Waals surface area contributed by atoms with E-state index in [4.69, 9.17) is 4.74 Å². The summed E-state index contributed by atoms with van der Waals surface area (Å²) in [6.45, 7) is 1.91. The zero-order chi connectivity index (χ0) is 23.6. The number of ether oxygens (including phenoxy) is 2. The average molecular weight is 460 g/mol. The number of carbonyl (C=O) groups excluding carboxylic acids is 1. The van der Waals surface area contributed by atoms with Gasteiger partial charge in [0.05, 0.1) is 0 Å². The molecule has 0 aliphatic heterocycles. The van der Waals surface area contributed by atoms with Crippen molar-refractivity contribution in [3.05, 3.63) is 70.8 Å². The highest BCUT2D eigenvalue weighted by molar-refractivity contribution is 5.93. The van der Waals surface area contributed by atoms with Crippen LogP contribution in [0.1, 0.15) is 35.7 Å². The average Bonchev–Trinajstić information content (AvgIpc) is 2.68. The van der Waals surface area contributed by atoms with E-state index in [-0.39, 0.29) is 11.1 Å². The van der Waals surface area contributed by atoms with Gasteiger partial charge in [0.15, 0.2) is 11.6 Å². The molecule has 0 fully saturated rings. The molecular formula is C22H15F7O3. The number of aryl methyl sites for hydroxylation is 1. The third-order valence-electron chi connectivity index (χ3n) is 4.51. The number of benzene rings is 3. The van der Waals surface area contributed by atoms with E-state index in [0.29, 0.717) is 24.5 Å². The normalized spacial score (nSPS) is 11.6. The molecule has 0 heterocycles. The summed E-state index contributed by atoms with van der Waals surface area (Å²) in [6.07, 6.45) is -3.39. The van der Waals surface area contributed by atoms with Crippen molar-refractivity contribution in [1.82, 2.24) is 0 Å². The van der Waals surface area contributed by atoms with Gasteiger partial charge in [-0.1, -0.05) is 13.3 Å². The van der Waals surface area contributed by atoms with E-state index in [2.05, 4.69) is 4.74 Å². The fraction of sp³-hybridized carbons (Fsp3) is 0.227. The van der Waals surface area contributed by atoms with Gasteiger partial charge in [0, 0.05) is 5.39 Å². The molecule has 3 aromatic rings. The fourth-order valence-corrected chi connectivity index (χ4v) is 3.07. The lowest BCUT2D eigenvalue weighted by atomic mass is 10.0. The summed E-state index contributed by atoms with van der Waals surface area (Å²) in [5.41, 5.74) is -0.580. The van der Waals surface area contributed by atoms with Gasteiger partial charge in [0.1, 0.15) is 22.9 Å². The predicted molar refractivity (Wildman–Crippen MR) is 100 cm³/mol. The van der Waals surface area contributed by atoms with Crippen LogP contribution in [0.3, 0.4) is 0 Å². The van der Waals surface area contributed by atoms with Gasteiger partial charge in [-0.2, -0.15) is 0 Å². The minimum atomic E-state index is -5.31. The van der Waals surface area contributed by atoms with Crippen molar-refractivity contribution in [3.8, 4) is 11.5 Å². The van der Waals surface area contributed by atoms with Gasteiger partial charge in [-0.3, -0.25) is 0 Å². The second kappa shape index (κ2) is 9.05. The highest BCUT2D eigenvalue weighted by Gasteiger charge is 2.34. The summed E-state index contributed by atoms with van der Waals surface area (Å²) in [5, 5.41) is -0.723. The van der Waals surface area contributed by atoms with Crippen LogP contribution in [0.25, 0.3) is 10.8 Å². The van der Waals surface area contributed by atoms with Gasteiger partial charge < -0.3 is 9.47 Å². The molecule has 0 aliphatic carbocycles. The van der Waals surface area contributed by atoms with E-state index in [0.717, 1.165) is 36.8 Å². The van der Waals surface area contributed by atoms with Crippen molar-refractivity contribution < 1.29 is 45.0 Å². The van der Waals surface area contributed by atoms with E-state index < -0.39 is 52.3 Å². The molecule has 0 N–H and O–H groups in total. The largest absolute Gasteiger partial charge is 0.573 e. The number of fused-ring (bicyclic) bond motifs is 1. The van der Waals surface area contributed by atoms with Gasteiger partial charge in [-0.05, 0) is 60.2 Å². The second-order valence-corrected chi connectivity index (χ2v) is 6.86. The predicted octanol–water partition coefficient (Wildman–Crippen LogP) is 6.86. The minimum absolute atomic E-state index is 0.268. The van der Waals surface area contributed by atoms with Gasteiger partial charge in [0.25, 0.3) is 0 Å². The maximum atomic E-state index is 14.3. The Bertz CT molecular complexity index is 1150. The molecule has 0 unspecified atom stereocenters. The molecule has 0 aliphatic rings. The molecule has 3 nitrogen and oxygen atoms in total. The van der Waals surface area contributed by atoms with E-state index in [1.54, 1.807) is 0 Å². The Morgan fingerprint density at radius 1 is 0.938 bits per heavy atom. The second-order valence-electron chi connectivity index (χ2n) is 6.86. The van der Waals surface area contributed by atoms with Crippen molar-refractivity contribution in [2.75, 3.05) is 0 Å². The van der Waals surface area contributed by atoms with Crippen LogP contribution >= 0.6 is 0 Å². The molecule has 0 saturated carbocycles. The molecule has 0 atom stereocenters. The molecule has 0 spiro atoms. The Hall–Kier alpha value is -3.30. The first-order valence-corrected chi connectivity index (χ1v) is 9.37. The van der Waals surface area contributed by atoms with E-state index in [9.17, 15) is 35.5 Å². The molecule has 0 amide bonds. The first kappa shape index (κ1) is 23.4. The van der Waals surface area contributed by atoms with Crippen molar-refractivity contribution in [1.29, 1.82) is 0 Å². The smallest absolute Gasteiger partial charge is 0.423 e. The zero-order valence-corrected chi connectivity index (χ0v) is 16.5. The van der Waals surface area contributed by atoms with Gasteiger partial charge in [-0.25, -0.2) is 22.4 Å². The summed E-state index contributed by atoms with van der Waals surface area (Å²) in [6, 6.07) is 5.40. The van der Waals surface area contributed by atoms with Crippen LogP contribution in [0, 0.1) is 23.3 Å². The monoisotopic (exact) mass is 460 g/mol. The number of rotatable bonds is 6. The highest BCUT2D eigenvalue weighted by Crippen LogP contribution is 2.35. The maximum Gasteiger partial charge on any atom is 0.573 e. The third-order valence-corrected chi connectivity index (χ3v) is 4.51. The van der Waals surface area contributed by atoms with Crippen LogP contribution in [0.4, 0.5) is 30.7 Å². The number of hydrogen-bond donors (Lipinski definition) is 0. The first-order valence-electron chi connectivity index (χ1n) is 9.37. The van der Waals surface area contributed by atoms with Crippen LogP contribution in [0.15, 0.2) is 36.4 Å². The molecule has 0 bridgehead atoms. The number of hydrogen-bond acceptors (Lipinski definition) is 3. The molecule has 170 valence electrons. The lowest BCUT2D eigenvalue weighted by Crippen LogP contribution is -2.19. The molecule has 0 radical (unpaired) electrons. The number of alkyl halides is 3. The number of halogens is 7. The summed E-state index contributed by atoms with van der Waals surface area (Å²) in [7, 11) is 0. The van der Waals surface area contributed by atoms with Crippen molar-refractivity contribution in [3.63, 3.8) is 0 Å². The molecule has 0 saturated heterocycles. The quantitative estimate of drug-likeness (QED) is 0.229. The topological polar surface area (TPSA) is 35.5 Å². The fourth-order valence-electron chi connectivity index (χ4n) is 3.07. The summed E-state index contributed by atoms with van der Waals surface area (Å²) in [5.74, 6) is -8.88. The molecule has 3 aromatic carbocycles. The van der Waals surface area contributed by atoms with Gasteiger partial charge in [0.2, 0.25) is 5.75 Å². The van der Waals surface area contributed by atoms with Gasteiger partial charge >= 0.3 is 12.3 Å². The van der Waals surface area contributed by atoms with Crippen molar-refractivity contribution in [2.24, 2.45) is 0 Å². The third kappa shape index (κ3) is 5.12. The standard InChI is InChI=1S/C22H15F7O3/c1-2-3-4-11-7-15(23)18(16(24)8-11)21(30)31-13-5-6-14-12(9-13)10-17(25)20(19(14)26)32-22(27,28)29/h5-10H,2-4H2,1H3. The number of esters is 1. The first-order chi connectivity index (χ1) is 15.0. The maximum absolute atomic E-state index is 14.3. The Morgan fingerprint density at radius 2 is 1.59 bits per heavy atom. The van der Waals surface area contributed by atoms with Gasteiger partial charge in [-0.15, -0.1) is 13.2 Å². The Labute approximate surface area is 177 Å². The summed E-state index contributed by atoms with van der Waals surface area (Å²) < 4.78 is 102. The Balaban J connectivity index is 1.90. The van der Waals surface area contributed by atoms with Crippen LogP contribution in [0.5, 0.6) is 11.5 Å². The summed E-state index contributed by atoms with van der Waals surface area (Å²) in [4.78, 5) is 12.3. The molecular weight excluding hydrogens is 445 g/mol. The molecule has 3 rings (SSSR count). The summed E-state index contributed by atoms with van der Waals surface area (Å²) >= 11 is 0. The van der Waals surface area contributed by atoms with Crippen LogP contribution in [-0.4, -0.2) is 12.3 Å². The van der Waals surface area contributed by atoms with E-state index in [1.807, 2.05) is 6.92 Å². The van der Waals surface area contributed by atoms with Crippen molar-refractivity contribution >= 4 is 16.7 Å². The molecule has 0 aromatic heterocycles. The lowest BCUT2D eigenvalue weighted by molar-refractivity contribution is -0.276.